The Labute approximate surface area is 229 Å². The van der Waals surface area contributed by atoms with Crippen LogP contribution < -0.4 is 5.32 Å². The molecule has 1 saturated carbocycles. The molecule has 1 aliphatic rings. The zero-order valence-electron chi connectivity index (χ0n) is 21.8. The Hall–Kier alpha value is -4.99. The monoisotopic (exact) mass is 529 g/mol. The van der Waals surface area contributed by atoms with Crippen LogP contribution in [0, 0.1) is 5.92 Å². The average molecular weight is 530 g/mol. The first kappa shape index (κ1) is 24.1. The maximum atomic E-state index is 12.7. The van der Waals surface area contributed by atoms with E-state index >= 15 is 0 Å². The number of H-pyrrole nitrogens is 2. The summed E-state index contributed by atoms with van der Waals surface area (Å²) in [5.41, 5.74) is 7.76. The number of nitrogens with zero attached hydrogens (tertiary/aromatic N) is 6. The van der Waals surface area contributed by atoms with Gasteiger partial charge in [-0.25, -0.2) is 9.97 Å². The largest absolute Gasteiger partial charge is 0.335 e. The number of amides is 1. The van der Waals surface area contributed by atoms with Crippen molar-refractivity contribution in [3.05, 3.63) is 67.5 Å². The molecular formula is C30H27N9O. The molecule has 1 fully saturated rings. The van der Waals surface area contributed by atoms with Gasteiger partial charge in [-0.1, -0.05) is 19.3 Å². The van der Waals surface area contributed by atoms with Gasteiger partial charge in [-0.05, 0) is 54.7 Å². The first-order valence-corrected chi connectivity index (χ1v) is 13.6. The van der Waals surface area contributed by atoms with Gasteiger partial charge in [-0.2, -0.15) is 5.10 Å². The summed E-state index contributed by atoms with van der Waals surface area (Å²) >= 11 is 0. The molecule has 0 saturated heterocycles. The summed E-state index contributed by atoms with van der Waals surface area (Å²) in [6.07, 6.45) is 17.0. The van der Waals surface area contributed by atoms with Crippen LogP contribution in [-0.2, 0) is 4.79 Å². The summed E-state index contributed by atoms with van der Waals surface area (Å²) in [7, 11) is 0. The summed E-state index contributed by atoms with van der Waals surface area (Å²) in [6.45, 7) is 0. The quantitative estimate of drug-likeness (QED) is 0.243. The van der Waals surface area contributed by atoms with Crippen molar-refractivity contribution in [3.63, 3.8) is 0 Å². The number of hydrogen-bond donors (Lipinski definition) is 3. The highest BCUT2D eigenvalue weighted by atomic mass is 16.1. The van der Waals surface area contributed by atoms with Gasteiger partial charge in [-0.3, -0.25) is 24.8 Å². The fraction of sp³-hybridized carbons (Fsp3) is 0.233. The van der Waals surface area contributed by atoms with Crippen LogP contribution in [-0.4, -0.2) is 46.0 Å². The number of aromatic amines is 2. The molecule has 198 valence electrons. The number of anilines is 1. The molecule has 1 amide bonds. The van der Waals surface area contributed by atoms with Crippen LogP contribution in [0.25, 0.3) is 56.0 Å². The maximum Gasteiger partial charge on any atom is 0.224 e. The third-order valence-corrected chi connectivity index (χ3v) is 7.53. The Morgan fingerprint density at radius 3 is 2.58 bits per heavy atom. The van der Waals surface area contributed by atoms with Gasteiger partial charge in [0.2, 0.25) is 5.91 Å². The highest BCUT2D eigenvalue weighted by molar-refractivity contribution is 5.96. The van der Waals surface area contributed by atoms with E-state index in [4.69, 9.17) is 9.97 Å². The van der Waals surface area contributed by atoms with E-state index in [1.165, 1.54) is 19.3 Å². The van der Waals surface area contributed by atoms with E-state index < -0.39 is 0 Å². The van der Waals surface area contributed by atoms with Crippen molar-refractivity contribution in [1.29, 1.82) is 0 Å². The standard InChI is InChI=1S/C30H27N9O/c40-26(12-18-4-2-1-3-5-18)34-21-13-20(14-32-15-21)23-6-7-24-28(35-23)29(39-38-24)30-36-25-17-33-16-22(27(25)37-30)19-8-10-31-11-9-19/h6-11,13-18H,1-5,12H2,(H,34,40)(H,36,37)(H,38,39). The van der Waals surface area contributed by atoms with Crippen molar-refractivity contribution in [1.82, 2.24) is 40.1 Å². The van der Waals surface area contributed by atoms with E-state index in [0.29, 0.717) is 35.1 Å². The first-order valence-electron chi connectivity index (χ1n) is 13.6. The molecule has 40 heavy (non-hydrogen) atoms. The molecule has 0 spiro atoms. The summed E-state index contributed by atoms with van der Waals surface area (Å²) in [5.74, 6) is 1.11. The fourth-order valence-electron chi connectivity index (χ4n) is 5.53. The van der Waals surface area contributed by atoms with E-state index in [0.717, 1.165) is 51.8 Å². The minimum absolute atomic E-state index is 0.0388. The number of rotatable bonds is 6. The van der Waals surface area contributed by atoms with Crippen molar-refractivity contribution in [2.45, 2.75) is 38.5 Å². The predicted molar refractivity (Wildman–Crippen MR) is 153 cm³/mol. The second-order valence-corrected chi connectivity index (χ2v) is 10.3. The molecular weight excluding hydrogens is 502 g/mol. The van der Waals surface area contributed by atoms with E-state index in [2.05, 4.69) is 35.5 Å². The second kappa shape index (κ2) is 10.3. The number of aromatic nitrogens is 8. The Morgan fingerprint density at radius 2 is 1.70 bits per heavy atom. The van der Waals surface area contributed by atoms with Crippen molar-refractivity contribution >= 4 is 33.7 Å². The topological polar surface area (TPSA) is 138 Å². The summed E-state index contributed by atoms with van der Waals surface area (Å²) in [4.78, 5) is 38.7. The normalized spacial score (nSPS) is 14.1. The third-order valence-electron chi connectivity index (χ3n) is 7.53. The number of nitrogens with one attached hydrogen (secondary N) is 3. The van der Waals surface area contributed by atoms with Crippen LogP contribution in [0.1, 0.15) is 38.5 Å². The minimum atomic E-state index is 0.0388. The maximum absolute atomic E-state index is 12.7. The Morgan fingerprint density at radius 1 is 0.850 bits per heavy atom. The SMILES string of the molecule is O=C(CC1CCCCC1)Nc1cncc(-c2ccc3[nH]nc(-c4nc5c(-c6ccncc6)cncc5[nH]4)c3n2)c1. The van der Waals surface area contributed by atoms with Crippen LogP contribution in [0.15, 0.2) is 67.5 Å². The average Bonchev–Trinajstić information content (AvgIpc) is 3.62. The molecule has 6 heterocycles. The lowest BCUT2D eigenvalue weighted by Gasteiger charge is -2.20. The number of fused-ring (bicyclic) bond motifs is 2. The fourth-order valence-corrected chi connectivity index (χ4v) is 5.53. The highest BCUT2D eigenvalue weighted by Gasteiger charge is 2.19. The second-order valence-electron chi connectivity index (χ2n) is 10.3. The van der Waals surface area contributed by atoms with E-state index in [1.807, 2.05) is 30.3 Å². The number of hydrogen-bond acceptors (Lipinski definition) is 7. The molecule has 10 nitrogen and oxygen atoms in total. The van der Waals surface area contributed by atoms with Gasteiger partial charge < -0.3 is 10.3 Å². The Bertz CT molecular complexity index is 1820. The molecule has 0 radical (unpaired) electrons. The number of carbonyl (C=O) groups is 1. The van der Waals surface area contributed by atoms with Crippen molar-refractivity contribution in [2.24, 2.45) is 5.92 Å². The van der Waals surface area contributed by atoms with Crippen molar-refractivity contribution < 1.29 is 4.79 Å². The van der Waals surface area contributed by atoms with Gasteiger partial charge in [0.25, 0.3) is 0 Å². The van der Waals surface area contributed by atoms with Gasteiger partial charge in [-0.15, -0.1) is 0 Å². The molecule has 1 aliphatic carbocycles. The first-order chi connectivity index (χ1) is 19.7. The van der Waals surface area contributed by atoms with Gasteiger partial charge in [0.1, 0.15) is 5.52 Å². The summed E-state index contributed by atoms with van der Waals surface area (Å²) in [6, 6.07) is 9.63. The Balaban J connectivity index is 1.19. The number of pyridine rings is 4. The molecule has 0 aliphatic heterocycles. The molecule has 3 N–H and O–H groups in total. The van der Waals surface area contributed by atoms with Crippen molar-refractivity contribution in [2.75, 3.05) is 5.32 Å². The molecule has 0 bridgehead atoms. The van der Waals surface area contributed by atoms with Crippen LogP contribution >= 0.6 is 0 Å². The summed E-state index contributed by atoms with van der Waals surface area (Å²) < 4.78 is 0. The van der Waals surface area contributed by atoms with Crippen LogP contribution in [0.5, 0.6) is 0 Å². The lowest BCUT2D eigenvalue weighted by atomic mass is 9.87. The lowest BCUT2D eigenvalue weighted by molar-refractivity contribution is -0.117. The molecule has 6 aromatic rings. The van der Waals surface area contributed by atoms with Crippen LogP contribution in [0.4, 0.5) is 5.69 Å². The van der Waals surface area contributed by atoms with Crippen LogP contribution in [0.3, 0.4) is 0 Å². The molecule has 7 rings (SSSR count). The van der Waals surface area contributed by atoms with Gasteiger partial charge >= 0.3 is 0 Å². The molecule has 6 aromatic heterocycles. The highest BCUT2D eigenvalue weighted by Crippen LogP contribution is 2.31. The summed E-state index contributed by atoms with van der Waals surface area (Å²) in [5, 5.41) is 10.6. The predicted octanol–water partition coefficient (Wildman–Crippen LogP) is 5.93. The molecule has 10 heteroatoms. The Kier molecular flexibility index (Phi) is 6.19. The lowest BCUT2D eigenvalue weighted by Crippen LogP contribution is -2.18. The van der Waals surface area contributed by atoms with E-state index in [1.54, 1.807) is 37.2 Å². The molecule has 0 unspecified atom stereocenters. The van der Waals surface area contributed by atoms with E-state index in [-0.39, 0.29) is 5.91 Å². The third kappa shape index (κ3) is 4.68. The molecule has 0 aromatic carbocycles. The van der Waals surface area contributed by atoms with Gasteiger partial charge in [0.15, 0.2) is 11.5 Å². The number of carbonyl (C=O) groups excluding carboxylic acids is 1. The zero-order chi connectivity index (χ0) is 26.9. The van der Waals surface area contributed by atoms with Crippen LogP contribution in [0.2, 0.25) is 0 Å². The smallest absolute Gasteiger partial charge is 0.224 e. The van der Waals surface area contributed by atoms with E-state index in [9.17, 15) is 4.79 Å². The van der Waals surface area contributed by atoms with Crippen molar-refractivity contribution in [3.8, 4) is 33.9 Å². The number of imidazole rings is 1. The molecule has 0 atom stereocenters. The van der Waals surface area contributed by atoms with Gasteiger partial charge in [0.05, 0.1) is 40.3 Å². The van der Waals surface area contributed by atoms with Gasteiger partial charge in [0, 0.05) is 42.3 Å². The minimum Gasteiger partial charge on any atom is -0.335 e. The zero-order valence-corrected chi connectivity index (χ0v) is 21.8.